The molecule has 5 heteroatoms. The van der Waals surface area contributed by atoms with Crippen LogP contribution in [0.2, 0.25) is 0 Å². The van der Waals surface area contributed by atoms with Gasteiger partial charge in [0.2, 0.25) is 0 Å². The van der Waals surface area contributed by atoms with Crippen LogP contribution in [0.25, 0.3) is 0 Å². The summed E-state index contributed by atoms with van der Waals surface area (Å²) in [6, 6.07) is 12.6. The molecule has 0 aromatic heterocycles. The summed E-state index contributed by atoms with van der Waals surface area (Å²) in [5.74, 6) is -0.547. The molecule has 0 bridgehead atoms. The standard InChI is InChI=1S/C18H18BrFN2O/c19-17-11-15(20)5-6-16(17)18(23)21-8-10-22-9-7-13-3-1-2-4-14(13)12-22/h1-6,11H,7-10,12H2,(H,21,23). The lowest BCUT2D eigenvalue weighted by molar-refractivity contribution is 0.0946. The van der Waals surface area contributed by atoms with Gasteiger partial charge in [0.05, 0.1) is 5.56 Å². The molecule has 0 saturated carbocycles. The van der Waals surface area contributed by atoms with E-state index in [1.54, 1.807) is 0 Å². The van der Waals surface area contributed by atoms with Crippen LogP contribution in [-0.4, -0.2) is 30.4 Å². The SMILES string of the molecule is O=C(NCCN1CCc2ccccc2C1)c1ccc(F)cc1Br. The van der Waals surface area contributed by atoms with E-state index in [-0.39, 0.29) is 11.7 Å². The van der Waals surface area contributed by atoms with Crippen molar-refractivity contribution in [1.29, 1.82) is 0 Å². The maximum Gasteiger partial charge on any atom is 0.252 e. The molecular weight excluding hydrogens is 359 g/mol. The third-order valence-electron chi connectivity index (χ3n) is 4.10. The van der Waals surface area contributed by atoms with Crippen LogP contribution >= 0.6 is 15.9 Å². The molecule has 3 rings (SSSR count). The topological polar surface area (TPSA) is 32.3 Å². The minimum atomic E-state index is -0.361. The van der Waals surface area contributed by atoms with Crippen LogP contribution in [0, 0.1) is 5.82 Å². The molecule has 1 aliphatic rings. The van der Waals surface area contributed by atoms with Crippen LogP contribution in [0.3, 0.4) is 0 Å². The highest BCUT2D eigenvalue weighted by atomic mass is 79.9. The highest BCUT2D eigenvalue weighted by Crippen LogP contribution is 2.19. The van der Waals surface area contributed by atoms with Crippen LogP contribution in [0.1, 0.15) is 21.5 Å². The van der Waals surface area contributed by atoms with Gasteiger partial charge in [-0.2, -0.15) is 0 Å². The maximum atomic E-state index is 13.1. The van der Waals surface area contributed by atoms with E-state index in [1.165, 1.54) is 29.3 Å². The predicted octanol–water partition coefficient (Wildman–Crippen LogP) is 3.38. The molecule has 2 aromatic carbocycles. The van der Waals surface area contributed by atoms with Crippen LogP contribution in [0.4, 0.5) is 4.39 Å². The Labute approximate surface area is 143 Å². The van der Waals surface area contributed by atoms with Crippen molar-refractivity contribution in [2.75, 3.05) is 19.6 Å². The summed E-state index contributed by atoms with van der Waals surface area (Å²) in [4.78, 5) is 14.5. The van der Waals surface area contributed by atoms with Crippen molar-refractivity contribution < 1.29 is 9.18 Å². The summed E-state index contributed by atoms with van der Waals surface area (Å²) in [6.07, 6.45) is 1.05. The number of hydrogen-bond donors (Lipinski definition) is 1. The molecular formula is C18H18BrFN2O. The zero-order valence-electron chi connectivity index (χ0n) is 12.7. The Bertz CT molecular complexity index is 720. The number of fused-ring (bicyclic) bond motifs is 1. The Hall–Kier alpha value is -1.72. The number of halogens is 2. The molecule has 0 spiro atoms. The van der Waals surface area contributed by atoms with E-state index in [1.807, 2.05) is 0 Å². The van der Waals surface area contributed by atoms with Gasteiger partial charge in [-0.25, -0.2) is 4.39 Å². The fourth-order valence-corrected chi connectivity index (χ4v) is 3.37. The maximum absolute atomic E-state index is 13.1. The lowest BCUT2D eigenvalue weighted by Gasteiger charge is -2.28. The molecule has 0 fully saturated rings. The molecule has 23 heavy (non-hydrogen) atoms. The van der Waals surface area contributed by atoms with Gasteiger partial charge in [0.15, 0.2) is 0 Å². The van der Waals surface area contributed by atoms with Crippen LogP contribution in [-0.2, 0) is 13.0 Å². The molecule has 1 heterocycles. The van der Waals surface area contributed by atoms with Crippen LogP contribution in [0.15, 0.2) is 46.9 Å². The number of carbonyl (C=O) groups is 1. The second-order valence-corrected chi connectivity index (χ2v) is 6.53. The van der Waals surface area contributed by atoms with Gasteiger partial charge in [0.1, 0.15) is 5.82 Å². The van der Waals surface area contributed by atoms with E-state index in [2.05, 4.69) is 50.4 Å². The van der Waals surface area contributed by atoms with Gasteiger partial charge in [0, 0.05) is 30.7 Å². The summed E-state index contributed by atoms with van der Waals surface area (Å²) < 4.78 is 13.5. The van der Waals surface area contributed by atoms with Gasteiger partial charge < -0.3 is 5.32 Å². The Balaban J connectivity index is 1.51. The molecule has 0 unspecified atom stereocenters. The monoisotopic (exact) mass is 376 g/mol. The lowest BCUT2D eigenvalue weighted by atomic mass is 10.00. The number of nitrogens with zero attached hydrogens (tertiary/aromatic N) is 1. The summed E-state index contributed by atoms with van der Waals surface area (Å²) in [5.41, 5.74) is 3.24. The summed E-state index contributed by atoms with van der Waals surface area (Å²) in [6.45, 7) is 3.31. The Morgan fingerprint density at radius 1 is 1.22 bits per heavy atom. The molecule has 2 aromatic rings. The fourth-order valence-electron chi connectivity index (χ4n) is 2.84. The molecule has 1 N–H and O–H groups in total. The highest BCUT2D eigenvalue weighted by molar-refractivity contribution is 9.10. The van der Waals surface area contributed by atoms with Crippen molar-refractivity contribution in [2.24, 2.45) is 0 Å². The number of benzene rings is 2. The van der Waals surface area contributed by atoms with E-state index >= 15 is 0 Å². The quantitative estimate of drug-likeness (QED) is 0.886. The zero-order chi connectivity index (χ0) is 16.2. The molecule has 0 atom stereocenters. The molecule has 0 radical (unpaired) electrons. The smallest absolute Gasteiger partial charge is 0.252 e. The third-order valence-corrected chi connectivity index (χ3v) is 4.76. The van der Waals surface area contributed by atoms with Crippen molar-refractivity contribution in [1.82, 2.24) is 10.2 Å². The highest BCUT2D eigenvalue weighted by Gasteiger charge is 2.16. The Morgan fingerprint density at radius 3 is 2.78 bits per heavy atom. The van der Waals surface area contributed by atoms with E-state index < -0.39 is 0 Å². The van der Waals surface area contributed by atoms with Crippen molar-refractivity contribution in [3.8, 4) is 0 Å². The second kappa shape index (κ2) is 7.23. The van der Waals surface area contributed by atoms with E-state index in [0.717, 1.165) is 26.1 Å². The van der Waals surface area contributed by atoms with Gasteiger partial charge in [-0.15, -0.1) is 0 Å². The predicted molar refractivity (Wildman–Crippen MR) is 91.9 cm³/mol. The number of rotatable bonds is 4. The second-order valence-electron chi connectivity index (χ2n) is 5.67. The van der Waals surface area contributed by atoms with Crippen LogP contribution in [0.5, 0.6) is 0 Å². The van der Waals surface area contributed by atoms with Gasteiger partial charge >= 0.3 is 0 Å². The number of hydrogen-bond acceptors (Lipinski definition) is 2. The molecule has 0 aliphatic carbocycles. The first-order valence-electron chi connectivity index (χ1n) is 7.66. The average Bonchev–Trinajstić information content (AvgIpc) is 2.54. The lowest BCUT2D eigenvalue weighted by Crippen LogP contribution is -2.37. The Kier molecular flexibility index (Phi) is 5.08. The Morgan fingerprint density at radius 2 is 2.00 bits per heavy atom. The molecule has 1 amide bonds. The van der Waals surface area contributed by atoms with Crippen LogP contribution < -0.4 is 5.32 Å². The first-order chi connectivity index (χ1) is 11.1. The first-order valence-corrected chi connectivity index (χ1v) is 8.45. The van der Waals surface area contributed by atoms with E-state index in [9.17, 15) is 9.18 Å². The fraction of sp³-hybridized carbons (Fsp3) is 0.278. The normalized spacial score (nSPS) is 14.3. The third kappa shape index (κ3) is 3.98. The zero-order valence-corrected chi connectivity index (χ0v) is 14.3. The first kappa shape index (κ1) is 16.1. The van der Waals surface area contributed by atoms with Crippen molar-refractivity contribution in [2.45, 2.75) is 13.0 Å². The van der Waals surface area contributed by atoms with Gasteiger partial charge in [-0.1, -0.05) is 24.3 Å². The van der Waals surface area contributed by atoms with E-state index in [4.69, 9.17) is 0 Å². The van der Waals surface area contributed by atoms with Crippen molar-refractivity contribution in [3.63, 3.8) is 0 Å². The molecule has 120 valence electrons. The number of nitrogens with one attached hydrogen (secondary N) is 1. The van der Waals surface area contributed by atoms with Crippen molar-refractivity contribution >= 4 is 21.8 Å². The number of carbonyl (C=O) groups excluding carboxylic acids is 1. The molecule has 1 aliphatic heterocycles. The minimum Gasteiger partial charge on any atom is -0.351 e. The largest absolute Gasteiger partial charge is 0.351 e. The van der Waals surface area contributed by atoms with Gasteiger partial charge in [-0.05, 0) is 51.7 Å². The van der Waals surface area contributed by atoms with Gasteiger partial charge in [0.25, 0.3) is 5.91 Å². The summed E-state index contributed by atoms with van der Waals surface area (Å²) in [5, 5.41) is 2.90. The average molecular weight is 377 g/mol. The number of amides is 1. The summed E-state index contributed by atoms with van der Waals surface area (Å²) >= 11 is 3.22. The molecule has 3 nitrogen and oxygen atoms in total. The van der Waals surface area contributed by atoms with Gasteiger partial charge in [-0.3, -0.25) is 9.69 Å². The van der Waals surface area contributed by atoms with E-state index in [0.29, 0.717) is 16.6 Å². The summed E-state index contributed by atoms with van der Waals surface area (Å²) in [7, 11) is 0. The minimum absolute atomic E-state index is 0.186. The molecule has 0 saturated heterocycles. The van der Waals surface area contributed by atoms with Crippen molar-refractivity contribution in [3.05, 3.63) is 69.4 Å².